The highest BCUT2D eigenvalue weighted by Crippen LogP contribution is 2.18. The first kappa shape index (κ1) is 18.2. The molecule has 140 valence electrons. The molecule has 0 fully saturated rings. The maximum absolute atomic E-state index is 12.1. The van der Waals surface area contributed by atoms with Crippen LogP contribution in [0.2, 0.25) is 0 Å². The molecule has 27 heavy (non-hydrogen) atoms. The largest absolute Gasteiger partial charge is 0.496 e. The second-order valence-electron chi connectivity index (χ2n) is 5.35. The molecule has 9 nitrogen and oxygen atoms in total. The van der Waals surface area contributed by atoms with E-state index in [1.165, 1.54) is 13.4 Å². The molecule has 0 bridgehead atoms. The van der Waals surface area contributed by atoms with Gasteiger partial charge in [-0.15, -0.1) is 10.2 Å². The Bertz CT molecular complexity index is 903. The van der Waals surface area contributed by atoms with Crippen molar-refractivity contribution in [2.45, 2.75) is 13.0 Å². The van der Waals surface area contributed by atoms with Gasteiger partial charge in [0.25, 0.3) is 17.7 Å². The zero-order chi connectivity index (χ0) is 19.1. The monoisotopic (exact) mass is 371 g/mol. The molecule has 0 aliphatic heterocycles. The lowest BCUT2D eigenvalue weighted by Gasteiger charge is -2.08. The number of furan rings is 1. The van der Waals surface area contributed by atoms with Crippen LogP contribution in [0.15, 0.2) is 51.5 Å². The van der Waals surface area contributed by atoms with Gasteiger partial charge in [0.15, 0.2) is 12.4 Å². The number of rotatable bonds is 8. The average molecular weight is 371 g/mol. The van der Waals surface area contributed by atoms with Gasteiger partial charge in [0, 0.05) is 6.54 Å². The molecule has 0 saturated carbocycles. The highest BCUT2D eigenvalue weighted by atomic mass is 16.5. The van der Waals surface area contributed by atoms with Crippen molar-refractivity contribution in [3.63, 3.8) is 0 Å². The van der Waals surface area contributed by atoms with Gasteiger partial charge in [-0.2, -0.15) is 0 Å². The summed E-state index contributed by atoms with van der Waals surface area (Å²) >= 11 is 0. The summed E-state index contributed by atoms with van der Waals surface area (Å²) in [5.41, 5.74) is 0.393. The van der Waals surface area contributed by atoms with Gasteiger partial charge < -0.3 is 23.6 Å². The third kappa shape index (κ3) is 4.72. The molecule has 3 aromatic rings. The summed E-state index contributed by atoms with van der Waals surface area (Å²) in [5, 5.41) is 10.2. The van der Waals surface area contributed by atoms with Crippen molar-refractivity contribution in [2.24, 2.45) is 0 Å². The fraction of sp³-hybridized carbons (Fsp3) is 0.222. The Morgan fingerprint density at radius 2 is 2.00 bits per heavy atom. The lowest BCUT2D eigenvalue weighted by Crippen LogP contribution is -2.26. The third-order valence-corrected chi connectivity index (χ3v) is 3.52. The molecule has 1 aromatic carbocycles. The predicted molar refractivity (Wildman–Crippen MR) is 91.7 cm³/mol. The Labute approximate surface area is 154 Å². The molecule has 3 rings (SSSR count). The first-order valence-corrected chi connectivity index (χ1v) is 8.10. The summed E-state index contributed by atoms with van der Waals surface area (Å²) < 4.78 is 20.6. The van der Waals surface area contributed by atoms with Crippen molar-refractivity contribution in [3.8, 4) is 17.4 Å². The lowest BCUT2D eigenvalue weighted by atomic mass is 10.2. The predicted octanol–water partition coefficient (Wildman–Crippen LogP) is 2.20. The van der Waals surface area contributed by atoms with Gasteiger partial charge in [-0.1, -0.05) is 12.1 Å². The fourth-order valence-electron chi connectivity index (χ4n) is 2.23. The second kappa shape index (κ2) is 8.65. The van der Waals surface area contributed by atoms with Crippen molar-refractivity contribution in [2.75, 3.05) is 13.7 Å². The van der Waals surface area contributed by atoms with Crippen molar-refractivity contribution in [1.29, 1.82) is 0 Å². The summed E-state index contributed by atoms with van der Waals surface area (Å²) in [6.07, 6.45) is 1.48. The summed E-state index contributed by atoms with van der Waals surface area (Å²) in [4.78, 5) is 23.9. The van der Waals surface area contributed by atoms with Gasteiger partial charge >= 0.3 is 5.97 Å². The number of nitrogens with zero attached hydrogens (tertiary/aromatic N) is 2. The zero-order valence-electron chi connectivity index (χ0n) is 14.5. The second-order valence-corrected chi connectivity index (χ2v) is 5.35. The minimum Gasteiger partial charge on any atom is -0.496 e. The van der Waals surface area contributed by atoms with E-state index in [0.29, 0.717) is 17.1 Å². The highest BCUT2D eigenvalue weighted by molar-refractivity contribution is 5.97. The van der Waals surface area contributed by atoms with Crippen LogP contribution in [0.3, 0.4) is 0 Å². The number of nitrogens with one attached hydrogen (secondary N) is 1. The van der Waals surface area contributed by atoms with Crippen LogP contribution in [-0.4, -0.2) is 35.7 Å². The lowest BCUT2D eigenvalue weighted by molar-refractivity contribution is -0.145. The number of carbonyl (C=O) groups excluding carboxylic acids is 2. The first-order chi connectivity index (χ1) is 13.2. The van der Waals surface area contributed by atoms with Gasteiger partial charge in [-0.25, -0.2) is 0 Å². The fourth-order valence-corrected chi connectivity index (χ4v) is 2.23. The summed E-state index contributed by atoms with van der Waals surface area (Å²) in [7, 11) is 1.48. The van der Waals surface area contributed by atoms with E-state index in [1.54, 1.807) is 36.4 Å². The Hall–Kier alpha value is -3.62. The van der Waals surface area contributed by atoms with Gasteiger partial charge in [-0.05, 0) is 24.3 Å². The molecule has 0 aliphatic rings. The number of hydrogen-bond donors (Lipinski definition) is 1. The Kier molecular flexibility index (Phi) is 5.83. The molecular weight excluding hydrogens is 354 g/mol. The topological polar surface area (TPSA) is 117 Å². The Morgan fingerprint density at radius 3 is 2.78 bits per heavy atom. The van der Waals surface area contributed by atoms with Crippen LogP contribution in [0.4, 0.5) is 0 Å². The van der Waals surface area contributed by atoms with Crippen LogP contribution < -0.4 is 10.1 Å². The van der Waals surface area contributed by atoms with Gasteiger partial charge in [0.05, 0.1) is 25.4 Å². The maximum atomic E-state index is 12.1. The van der Waals surface area contributed by atoms with Crippen LogP contribution >= 0.6 is 0 Å². The number of hydrogen-bond acceptors (Lipinski definition) is 8. The molecule has 1 N–H and O–H groups in total. The smallest absolute Gasteiger partial charge is 0.308 e. The van der Waals surface area contributed by atoms with E-state index in [-0.39, 0.29) is 37.3 Å². The molecule has 0 aliphatic carbocycles. The van der Waals surface area contributed by atoms with Gasteiger partial charge in [0.1, 0.15) is 5.75 Å². The maximum Gasteiger partial charge on any atom is 0.308 e. The molecule has 2 aromatic heterocycles. The minimum absolute atomic E-state index is 0.0000667. The summed E-state index contributed by atoms with van der Waals surface area (Å²) in [6, 6.07) is 10.2. The van der Waals surface area contributed by atoms with Crippen LogP contribution in [-0.2, 0) is 16.1 Å². The molecule has 0 spiro atoms. The Morgan fingerprint density at radius 1 is 1.15 bits per heavy atom. The summed E-state index contributed by atoms with van der Waals surface area (Å²) in [5.74, 6) is 0.400. The van der Waals surface area contributed by atoms with E-state index in [1.807, 2.05) is 0 Å². The third-order valence-electron chi connectivity index (χ3n) is 3.52. The molecular formula is C18H17N3O6. The quantitative estimate of drug-likeness (QED) is 0.599. The molecule has 1 amide bonds. The molecule has 0 saturated heterocycles. The number of methoxy groups -OCH3 is 1. The number of carbonyl (C=O) groups is 2. The average Bonchev–Trinajstić information content (AvgIpc) is 3.37. The van der Waals surface area contributed by atoms with E-state index in [0.717, 1.165) is 0 Å². The van der Waals surface area contributed by atoms with E-state index in [9.17, 15) is 9.59 Å². The van der Waals surface area contributed by atoms with E-state index in [2.05, 4.69) is 15.5 Å². The van der Waals surface area contributed by atoms with E-state index >= 15 is 0 Å². The van der Waals surface area contributed by atoms with Crippen LogP contribution in [0.25, 0.3) is 11.7 Å². The minimum atomic E-state index is -0.506. The van der Waals surface area contributed by atoms with E-state index in [4.69, 9.17) is 18.3 Å². The van der Waals surface area contributed by atoms with E-state index < -0.39 is 5.97 Å². The Balaban J connectivity index is 1.42. The first-order valence-electron chi connectivity index (χ1n) is 8.10. The molecule has 0 radical (unpaired) electrons. The SMILES string of the molecule is COc1ccccc1C(=O)NCCC(=O)OCc1nnc(-c2ccco2)o1. The van der Waals surface area contributed by atoms with Crippen molar-refractivity contribution in [1.82, 2.24) is 15.5 Å². The number of ether oxygens (including phenoxy) is 2. The highest BCUT2D eigenvalue weighted by Gasteiger charge is 2.14. The standard InChI is InChI=1S/C18H17N3O6/c1-24-13-6-3-2-5-12(13)17(23)19-9-8-16(22)26-11-15-20-21-18(27-15)14-7-4-10-25-14/h2-7,10H,8-9,11H2,1H3,(H,19,23). The molecule has 2 heterocycles. The summed E-state index contributed by atoms with van der Waals surface area (Å²) in [6.45, 7) is -0.0375. The van der Waals surface area contributed by atoms with Crippen molar-refractivity contribution >= 4 is 11.9 Å². The molecule has 9 heteroatoms. The van der Waals surface area contributed by atoms with Crippen LogP contribution in [0.1, 0.15) is 22.7 Å². The molecule has 0 atom stereocenters. The van der Waals surface area contributed by atoms with Crippen LogP contribution in [0.5, 0.6) is 5.75 Å². The number of benzene rings is 1. The van der Waals surface area contributed by atoms with Gasteiger partial charge in [0.2, 0.25) is 0 Å². The zero-order valence-corrected chi connectivity index (χ0v) is 14.5. The normalized spacial score (nSPS) is 10.4. The number of esters is 1. The number of amides is 1. The molecule has 0 unspecified atom stereocenters. The van der Waals surface area contributed by atoms with Crippen molar-refractivity contribution in [3.05, 3.63) is 54.1 Å². The van der Waals surface area contributed by atoms with Crippen molar-refractivity contribution < 1.29 is 27.9 Å². The van der Waals surface area contributed by atoms with Gasteiger partial charge in [-0.3, -0.25) is 9.59 Å². The van der Waals surface area contributed by atoms with Crippen LogP contribution in [0, 0.1) is 0 Å². The number of para-hydroxylation sites is 1. The number of aromatic nitrogens is 2.